The Bertz CT molecular complexity index is 359. The number of halogens is 2. The van der Waals surface area contributed by atoms with E-state index < -0.39 is 30.5 Å². The van der Waals surface area contributed by atoms with Crippen molar-refractivity contribution in [1.82, 2.24) is 0 Å². The summed E-state index contributed by atoms with van der Waals surface area (Å²) in [6.07, 6.45) is -0.278. The van der Waals surface area contributed by atoms with Gasteiger partial charge in [-0.3, -0.25) is 5.18 Å². The summed E-state index contributed by atoms with van der Waals surface area (Å²) in [6, 6.07) is 0. The molecule has 0 heterocycles. The summed E-state index contributed by atoms with van der Waals surface area (Å²) in [4.78, 5) is 0. The van der Waals surface area contributed by atoms with Gasteiger partial charge in [0.15, 0.2) is 0 Å². The largest absolute Gasteiger partial charge is 0.396 e. The molecule has 2 aliphatic carbocycles. The normalized spacial score (nSPS) is 32.7. The first kappa shape index (κ1) is 28.6. The highest BCUT2D eigenvalue weighted by molar-refractivity contribution is 14.2. The van der Waals surface area contributed by atoms with Crippen LogP contribution in [0.15, 0.2) is 0 Å². The zero-order valence-corrected chi connectivity index (χ0v) is 20.5. The Morgan fingerprint density at radius 2 is 1.21 bits per heavy atom. The van der Waals surface area contributed by atoms with Crippen molar-refractivity contribution in [2.24, 2.45) is 5.92 Å². The van der Waals surface area contributed by atoms with Crippen molar-refractivity contribution < 1.29 is 30.6 Å². The van der Waals surface area contributed by atoms with E-state index in [1.54, 1.807) is 0 Å². The number of hydrogen-bond acceptors (Lipinski definition) is 10. The molecule has 0 aromatic rings. The minimum absolute atomic E-state index is 0.0156. The molecule has 5 atom stereocenters. The zero-order valence-electron chi connectivity index (χ0n) is 12.8. The Morgan fingerprint density at radius 1 is 0.833 bits per heavy atom. The Morgan fingerprint density at radius 3 is 1.42 bits per heavy atom. The summed E-state index contributed by atoms with van der Waals surface area (Å²) in [6.45, 7) is -0.0156. The van der Waals surface area contributed by atoms with Crippen LogP contribution in [0.25, 0.3) is 0 Å². The monoisotopic (exact) mass is 647 g/mol. The van der Waals surface area contributed by atoms with Crippen LogP contribution >= 0.6 is 52.2 Å². The standard InChI is InChI=1S/2C6H12O3.IS3.HIS/c7-3-4-1-2-5(8)6(4)9;7-4-2-1-3-5(8)6(4)9;1-4(2)3;1-2/h2*4-9H,1-3H2;;2H/q;;-1;/t4-,5-,6-;4-,5-;;/m11../s1. The lowest BCUT2D eigenvalue weighted by molar-refractivity contribution is -0.0843. The van der Waals surface area contributed by atoms with Crippen LogP contribution in [-0.2, 0) is 27.6 Å². The summed E-state index contributed by atoms with van der Waals surface area (Å²) < 4.78 is 0. The lowest BCUT2D eigenvalue weighted by atomic mass is 9.92. The molecular weight excluding hydrogens is 622 g/mol. The zero-order chi connectivity index (χ0) is 19.3. The first-order valence-electron chi connectivity index (χ1n) is 7.14. The second kappa shape index (κ2) is 17.5. The van der Waals surface area contributed by atoms with Crippen molar-refractivity contribution in [1.29, 1.82) is 0 Å². The molecule has 6 N–H and O–H groups in total. The van der Waals surface area contributed by atoms with Gasteiger partial charge < -0.3 is 30.6 Å². The van der Waals surface area contributed by atoms with E-state index in [1.807, 2.05) is 42.4 Å². The average Bonchev–Trinajstić information content (AvgIpc) is 2.86. The molecule has 148 valence electrons. The summed E-state index contributed by atoms with van der Waals surface area (Å²) in [7, 11) is 3.50. The molecule has 0 aromatic carbocycles. The van der Waals surface area contributed by atoms with Crippen LogP contribution in [0.3, 0.4) is 0 Å². The average molecular weight is 647 g/mol. The predicted molar refractivity (Wildman–Crippen MR) is 123 cm³/mol. The number of thiol groups is 1. The summed E-state index contributed by atoms with van der Waals surface area (Å²) in [5.74, 6) is -0.0972. The maximum absolute atomic E-state index is 9.05. The Hall–Kier alpha value is 2.36. The highest BCUT2D eigenvalue weighted by Gasteiger charge is 2.32. The van der Waals surface area contributed by atoms with Crippen LogP contribution in [-0.4, -0.2) is 67.8 Å². The molecule has 0 aromatic heterocycles. The first-order chi connectivity index (χ1) is 11.2. The molecule has 0 unspecified atom stereocenters. The molecule has 2 aliphatic rings. The topological polar surface area (TPSA) is 121 Å². The Kier molecular flexibility index (Phi) is 20.8. The fourth-order valence-corrected chi connectivity index (χ4v) is 2.37. The van der Waals surface area contributed by atoms with E-state index in [4.69, 9.17) is 30.6 Å². The van der Waals surface area contributed by atoms with Gasteiger partial charge in [-0.1, -0.05) is 0 Å². The quantitative estimate of drug-likeness (QED) is 0.0953. The maximum atomic E-state index is 9.05. The van der Waals surface area contributed by atoms with Crippen molar-refractivity contribution in [3.63, 3.8) is 0 Å². The molecule has 0 bridgehead atoms. The lowest BCUT2D eigenvalue weighted by Crippen LogP contribution is -2.40. The van der Waals surface area contributed by atoms with Gasteiger partial charge in [-0.15, -0.1) is 9.80 Å². The Labute approximate surface area is 183 Å². The number of rotatable bonds is 1. The lowest BCUT2D eigenvalue weighted by Gasteiger charge is -2.27. The van der Waals surface area contributed by atoms with Crippen LogP contribution in [0.2, 0.25) is 0 Å². The molecule has 0 spiro atoms. The highest BCUT2D eigenvalue weighted by atomic mass is 127. The molecule has 0 amide bonds. The second-order valence-electron chi connectivity index (χ2n) is 5.33. The maximum Gasteiger partial charge on any atom is 0.106 e. The van der Waals surface area contributed by atoms with E-state index in [-0.39, 0.29) is 17.7 Å². The first-order valence-corrected chi connectivity index (χ1v) is 16.0. The summed E-state index contributed by atoms with van der Waals surface area (Å²) >= 11 is 12.7. The van der Waals surface area contributed by atoms with Gasteiger partial charge in [0.1, 0.15) is 6.10 Å². The van der Waals surface area contributed by atoms with E-state index in [9.17, 15) is 0 Å². The fourth-order valence-electron chi connectivity index (χ4n) is 2.37. The van der Waals surface area contributed by atoms with Gasteiger partial charge in [-0.05, 0) is 53.3 Å². The minimum Gasteiger partial charge on any atom is -0.396 e. The summed E-state index contributed by atoms with van der Waals surface area (Å²) in [5.41, 5.74) is 0. The number of hydrogen-bond donors (Lipinski definition) is 7. The molecule has 2 saturated carbocycles. The molecule has 2 fully saturated rings. The molecule has 12 heteroatoms. The predicted octanol–water partition coefficient (Wildman–Crippen LogP) is 0.508. The van der Waals surface area contributed by atoms with Crippen LogP contribution in [0.1, 0.15) is 32.1 Å². The molecule has 24 heavy (non-hydrogen) atoms. The third-order valence-electron chi connectivity index (χ3n) is 3.73. The van der Waals surface area contributed by atoms with Gasteiger partial charge >= 0.3 is 0 Å². The fraction of sp³-hybridized carbons (Fsp3) is 1.00. The third kappa shape index (κ3) is 13.5. The van der Waals surface area contributed by atoms with Crippen LogP contribution in [0.4, 0.5) is 0 Å². The summed E-state index contributed by atoms with van der Waals surface area (Å²) in [5, 5.41) is 53.2. The van der Waals surface area contributed by atoms with E-state index in [0.29, 0.717) is 19.3 Å². The molecule has 2 rings (SSSR count). The number of aliphatic hydroxyl groups excluding tert-OH is 6. The van der Waals surface area contributed by atoms with E-state index >= 15 is 0 Å². The van der Waals surface area contributed by atoms with Gasteiger partial charge in [-0.2, -0.15) is 0 Å². The minimum atomic E-state index is -0.918. The molecule has 0 aliphatic heterocycles. The van der Waals surface area contributed by atoms with Crippen molar-refractivity contribution >= 4 is 79.8 Å². The van der Waals surface area contributed by atoms with Gasteiger partial charge in [0.25, 0.3) is 0 Å². The second-order valence-corrected chi connectivity index (χ2v) is 14.6. The van der Waals surface area contributed by atoms with Crippen LogP contribution < -0.4 is 0 Å². The molecule has 6 nitrogen and oxygen atoms in total. The van der Waals surface area contributed by atoms with E-state index in [0.717, 1.165) is 12.8 Å². The SMILES string of the molecule is OC1[C@H](O)CCC[C@H]1O.OC[C@H]1CC[C@@H](O)[C@@H]1O.S=[S-](=S)I.SI. The molecule has 0 saturated heterocycles. The van der Waals surface area contributed by atoms with Gasteiger partial charge in [0, 0.05) is 12.5 Å². The highest BCUT2D eigenvalue weighted by Crippen LogP contribution is 2.25. The van der Waals surface area contributed by atoms with Crippen molar-refractivity contribution in [2.45, 2.75) is 62.6 Å². The smallest absolute Gasteiger partial charge is 0.106 e. The van der Waals surface area contributed by atoms with Crippen molar-refractivity contribution in [3.05, 3.63) is 0 Å². The molecule has 0 radical (unpaired) electrons. The third-order valence-corrected chi connectivity index (χ3v) is 3.73. The molecular formula is C12H25I2O6S4-. The van der Waals surface area contributed by atoms with Gasteiger partial charge in [0.05, 0.1) is 24.4 Å². The van der Waals surface area contributed by atoms with Crippen molar-refractivity contribution in [2.75, 3.05) is 6.61 Å². The van der Waals surface area contributed by atoms with Crippen molar-refractivity contribution in [3.8, 4) is 0 Å². The van der Waals surface area contributed by atoms with Crippen LogP contribution in [0, 0.1) is 5.92 Å². The number of aliphatic hydroxyl groups is 6. The van der Waals surface area contributed by atoms with E-state index in [2.05, 4.69) is 32.2 Å². The van der Waals surface area contributed by atoms with Crippen LogP contribution in [0.5, 0.6) is 0 Å². The van der Waals surface area contributed by atoms with Gasteiger partial charge in [0.2, 0.25) is 0 Å². The van der Waals surface area contributed by atoms with E-state index in [1.165, 1.54) is 0 Å². The van der Waals surface area contributed by atoms with Gasteiger partial charge in [-0.25, -0.2) is 43.6 Å². The Balaban J connectivity index is 0.